The molecule has 1 aromatic carbocycles. The minimum absolute atomic E-state index is 0.166. The fourth-order valence-electron chi connectivity index (χ4n) is 1.47. The van der Waals surface area contributed by atoms with Gasteiger partial charge in [0.15, 0.2) is 0 Å². The van der Waals surface area contributed by atoms with Crippen LogP contribution in [0.3, 0.4) is 0 Å². The molecule has 0 saturated carbocycles. The molecule has 0 spiro atoms. The van der Waals surface area contributed by atoms with Gasteiger partial charge in [0.2, 0.25) is 0 Å². The van der Waals surface area contributed by atoms with Gasteiger partial charge in [0, 0.05) is 10.0 Å². The minimum atomic E-state index is -1.02. The molecule has 98 valence electrons. The molecule has 0 radical (unpaired) electrons. The van der Waals surface area contributed by atoms with Crippen LogP contribution in [0.2, 0.25) is 0 Å². The second-order valence-electron chi connectivity index (χ2n) is 4.50. The van der Waals surface area contributed by atoms with Crippen molar-refractivity contribution in [1.82, 2.24) is 5.32 Å². The first-order chi connectivity index (χ1) is 8.32. The van der Waals surface area contributed by atoms with E-state index in [0.29, 0.717) is 5.56 Å². The Morgan fingerprint density at radius 3 is 2.39 bits per heavy atom. The maximum Gasteiger partial charge on any atom is 0.326 e. The summed E-state index contributed by atoms with van der Waals surface area (Å²) in [5, 5.41) is 11.5. The number of carbonyl (C=O) groups is 2. The van der Waals surface area contributed by atoms with Crippen LogP contribution in [0.4, 0.5) is 0 Å². The smallest absolute Gasteiger partial charge is 0.326 e. The highest BCUT2D eigenvalue weighted by Crippen LogP contribution is 2.17. The molecule has 18 heavy (non-hydrogen) atoms. The summed E-state index contributed by atoms with van der Waals surface area (Å²) in [4.78, 5) is 22.9. The van der Waals surface area contributed by atoms with Crippen molar-refractivity contribution in [2.24, 2.45) is 5.92 Å². The average molecular weight is 314 g/mol. The number of halogens is 1. The summed E-state index contributed by atoms with van der Waals surface area (Å²) in [7, 11) is 0. The monoisotopic (exact) mass is 313 g/mol. The van der Waals surface area contributed by atoms with E-state index in [-0.39, 0.29) is 11.8 Å². The third kappa shape index (κ3) is 3.57. The number of aliphatic carboxylic acids is 1. The quantitative estimate of drug-likeness (QED) is 0.898. The van der Waals surface area contributed by atoms with Crippen LogP contribution in [0.15, 0.2) is 22.7 Å². The molecule has 1 amide bonds. The van der Waals surface area contributed by atoms with Crippen molar-refractivity contribution in [2.45, 2.75) is 26.8 Å². The molecule has 1 rings (SSSR count). The molecule has 0 saturated heterocycles. The van der Waals surface area contributed by atoms with Crippen molar-refractivity contribution in [2.75, 3.05) is 0 Å². The Hall–Kier alpha value is -1.36. The molecule has 0 aromatic heterocycles. The highest BCUT2D eigenvalue weighted by Gasteiger charge is 2.23. The van der Waals surface area contributed by atoms with Gasteiger partial charge in [0.25, 0.3) is 5.91 Å². The summed E-state index contributed by atoms with van der Waals surface area (Å²) in [6.07, 6.45) is 0. The van der Waals surface area contributed by atoms with Crippen LogP contribution >= 0.6 is 15.9 Å². The first kappa shape index (κ1) is 14.7. The highest BCUT2D eigenvalue weighted by molar-refractivity contribution is 9.10. The average Bonchev–Trinajstić information content (AvgIpc) is 2.28. The van der Waals surface area contributed by atoms with Gasteiger partial charge >= 0.3 is 5.97 Å². The predicted octanol–water partition coefficient (Wildman–Crippen LogP) is 2.60. The van der Waals surface area contributed by atoms with Gasteiger partial charge in [-0.15, -0.1) is 0 Å². The van der Waals surface area contributed by atoms with E-state index in [1.807, 2.05) is 13.0 Å². The van der Waals surface area contributed by atoms with Crippen LogP contribution in [0, 0.1) is 12.8 Å². The lowest BCUT2D eigenvalue weighted by Gasteiger charge is -2.18. The number of carbonyl (C=O) groups excluding carboxylic acids is 1. The van der Waals surface area contributed by atoms with Gasteiger partial charge in [-0.3, -0.25) is 4.79 Å². The summed E-state index contributed by atoms with van der Waals surface area (Å²) in [6, 6.07) is 4.29. The summed E-state index contributed by atoms with van der Waals surface area (Å²) >= 11 is 3.34. The molecular formula is C13H16BrNO3. The lowest BCUT2D eigenvalue weighted by molar-refractivity contribution is -0.140. The molecule has 0 bridgehead atoms. The molecule has 4 nitrogen and oxygen atoms in total. The predicted molar refractivity (Wildman–Crippen MR) is 72.6 cm³/mol. The number of amides is 1. The van der Waals surface area contributed by atoms with Crippen LogP contribution < -0.4 is 5.32 Å². The van der Waals surface area contributed by atoms with Gasteiger partial charge in [-0.1, -0.05) is 35.8 Å². The zero-order chi connectivity index (χ0) is 13.9. The van der Waals surface area contributed by atoms with Crippen molar-refractivity contribution in [3.05, 3.63) is 33.8 Å². The van der Waals surface area contributed by atoms with E-state index in [0.717, 1.165) is 10.0 Å². The van der Waals surface area contributed by atoms with Gasteiger partial charge in [0.05, 0.1) is 0 Å². The van der Waals surface area contributed by atoms with Crippen LogP contribution in [-0.4, -0.2) is 23.0 Å². The van der Waals surface area contributed by atoms with E-state index < -0.39 is 12.0 Å². The zero-order valence-electron chi connectivity index (χ0n) is 10.5. The number of nitrogens with one attached hydrogen (secondary N) is 1. The zero-order valence-corrected chi connectivity index (χ0v) is 12.1. The van der Waals surface area contributed by atoms with Gasteiger partial charge in [0.1, 0.15) is 6.04 Å². The first-order valence-electron chi connectivity index (χ1n) is 5.62. The molecule has 1 aromatic rings. The fourth-order valence-corrected chi connectivity index (χ4v) is 1.85. The van der Waals surface area contributed by atoms with E-state index in [1.54, 1.807) is 26.0 Å². The Labute approximate surface area is 115 Å². The summed E-state index contributed by atoms with van der Waals surface area (Å²) < 4.78 is 0.826. The van der Waals surface area contributed by atoms with Crippen LogP contribution in [0.5, 0.6) is 0 Å². The molecule has 0 aliphatic heterocycles. The molecule has 5 heteroatoms. The van der Waals surface area contributed by atoms with Crippen LogP contribution in [-0.2, 0) is 4.79 Å². The minimum Gasteiger partial charge on any atom is -0.480 e. The van der Waals surface area contributed by atoms with Crippen molar-refractivity contribution in [3.63, 3.8) is 0 Å². The van der Waals surface area contributed by atoms with Gasteiger partial charge in [-0.05, 0) is 30.5 Å². The van der Waals surface area contributed by atoms with E-state index in [1.165, 1.54) is 0 Å². The SMILES string of the molecule is Cc1ccc(C(=O)NC(C(=O)O)C(C)C)cc1Br. The van der Waals surface area contributed by atoms with Crippen molar-refractivity contribution in [1.29, 1.82) is 0 Å². The molecule has 0 fully saturated rings. The Bertz CT molecular complexity index is 471. The van der Waals surface area contributed by atoms with Crippen LogP contribution in [0.1, 0.15) is 29.8 Å². The van der Waals surface area contributed by atoms with Gasteiger partial charge < -0.3 is 10.4 Å². The lowest BCUT2D eigenvalue weighted by atomic mass is 10.0. The molecule has 1 unspecified atom stereocenters. The molecule has 2 N–H and O–H groups in total. The van der Waals surface area contributed by atoms with Gasteiger partial charge in [-0.2, -0.15) is 0 Å². The summed E-state index contributed by atoms with van der Waals surface area (Å²) in [6.45, 7) is 5.42. The van der Waals surface area contributed by atoms with Gasteiger partial charge in [-0.25, -0.2) is 4.79 Å². The highest BCUT2D eigenvalue weighted by atomic mass is 79.9. The number of carboxylic acids is 1. The fraction of sp³-hybridized carbons (Fsp3) is 0.385. The second-order valence-corrected chi connectivity index (χ2v) is 5.35. The number of benzene rings is 1. The lowest BCUT2D eigenvalue weighted by Crippen LogP contribution is -2.44. The number of aryl methyl sites for hydroxylation is 1. The molecule has 1 atom stereocenters. The third-order valence-electron chi connectivity index (χ3n) is 2.65. The number of carboxylic acid groups (broad SMARTS) is 1. The van der Waals surface area contributed by atoms with Crippen LogP contribution in [0.25, 0.3) is 0 Å². The van der Waals surface area contributed by atoms with Crippen molar-refractivity contribution >= 4 is 27.8 Å². The molecule has 0 aliphatic carbocycles. The Kier molecular flexibility index (Phi) is 4.90. The maximum absolute atomic E-state index is 11.9. The van der Waals surface area contributed by atoms with E-state index in [9.17, 15) is 9.59 Å². The topological polar surface area (TPSA) is 66.4 Å². The van der Waals surface area contributed by atoms with Crippen molar-refractivity contribution < 1.29 is 14.7 Å². The first-order valence-corrected chi connectivity index (χ1v) is 6.42. The third-order valence-corrected chi connectivity index (χ3v) is 3.51. The standard InChI is InChI=1S/C13H16BrNO3/c1-7(2)11(13(17)18)15-12(16)9-5-4-8(3)10(14)6-9/h4-7,11H,1-3H3,(H,15,16)(H,17,18). The second kappa shape index (κ2) is 6.00. The largest absolute Gasteiger partial charge is 0.480 e. The molecular weight excluding hydrogens is 298 g/mol. The van der Waals surface area contributed by atoms with E-state index in [4.69, 9.17) is 5.11 Å². The normalized spacial score (nSPS) is 12.3. The summed E-state index contributed by atoms with van der Waals surface area (Å²) in [5.41, 5.74) is 1.46. The maximum atomic E-state index is 11.9. The Balaban J connectivity index is 2.87. The van der Waals surface area contributed by atoms with Crippen molar-refractivity contribution in [3.8, 4) is 0 Å². The molecule has 0 aliphatic rings. The van der Waals surface area contributed by atoms with E-state index >= 15 is 0 Å². The number of rotatable bonds is 4. The Morgan fingerprint density at radius 1 is 1.33 bits per heavy atom. The molecule has 0 heterocycles. The summed E-state index contributed by atoms with van der Waals surface area (Å²) in [5.74, 6) is -1.57. The van der Waals surface area contributed by atoms with E-state index in [2.05, 4.69) is 21.2 Å². The number of hydrogen-bond donors (Lipinski definition) is 2. The Morgan fingerprint density at radius 2 is 1.94 bits per heavy atom. The number of hydrogen-bond acceptors (Lipinski definition) is 2.